The fourth-order valence-corrected chi connectivity index (χ4v) is 2.56. The maximum atomic E-state index is 12.1. The van der Waals surface area contributed by atoms with Crippen molar-refractivity contribution in [2.24, 2.45) is 0 Å². The topological polar surface area (TPSA) is 56.1 Å². The predicted molar refractivity (Wildman–Crippen MR) is 98.2 cm³/mol. The molecule has 0 aliphatic rings. The normalized spacial score (nSPS) is 10.5. The number of hydrogen-bond acceptors (Lipinski definition) is 3. The Bertz CT molecular complexity index is 856. The first-order valence-corrected chi connectivity index (χ1v) is 8.29. The number of carbonyl (C=O) groups is 1. The molecule has 2 aromatic carbocycles. The van der Waals surface area contributed by atoms with Crippen LogP contribution in [-0.4, -0.2) is 22.3 Å². The molecule has 0 bridgehead atoms. The van der Waals surface area contributed by atoms with E-state index in [1.807, 2.05) is 66.2 Å². The summed E-state index contributed by atoms with van der Waals surface area (Å²) in [7, 11) is 0. The van der Waals surface area contributed by atoms with Gasteiger partial charge in [0.15, 0.2) is 12.4 Å². The molecule has 0 fully saturated rings. The first kappa shape index (κ1) is 16.8. The Balaban J connectivity index is 1.69. The van der Waals surface area contributed by atoms with E-state index < -0.39 is 0 Å². The summed E-state index contributed by atoms with van der Waals surface area (Å²) < 4.78 is 7.32. The van der Waals surface area contributed by atoms with Gasteiger partial charge in [-0.1, -0.05) is 37.3 Å². The Hall–Kier alpha value is -3.08. The van der Waals surface area contributed by atoms with Crippen LogP contribution in [0.15, 0.2) is 60.7 Å². The van der Waals surface area contributed by atoms with Crippen molar-refractivity contribution in [1.82, 2.24) is 9.78 Å². The average molecular weight is 335 g/mol. The minimum Gasteiger partial charge on any atom is -0.484 e. The van der Waals surface area contributed by atoms with Gasteiger partial charge in [-0.05, 0) is 43.2 Å². The molecule has 5 heteroatoms. The van der Waals surface area contributed by atoms with E-state index in [1.165, 1.54) is 0 Å². The SMILES string of the molecule is CCc1cc(NC(=O)COc2ccccc2)nn1-c1cccc(C)c1. The van der Waals surface area contributed by atoms with Crippen molar-refractivity contribution < 1.29 is 9.53 Å². The maximum Gasteiger partial charge on any atom is 0.263 e. The number of nitrogens with one attached hydrogen (secondary N) is 1. The number of benzene rings is 2. The van der Waals surface area contributed by atoms with Gasteiger partial charge in [0.25, 0.3) is 5.91 Å². The second-order valence-electron chi connectivity index (χ2n) is 5.78. The highest BCUT2D eigenvalue weighted by Crippen LogP contribution is 2.17. The summed E-state index contributed by atoms with van der Waals surface area (Å²) in [6.07, 6.45) is 0.817. The quantitative estimate of drug-likeness (QED) is 0.746. The molecule has 0 atom stereocenters. The van der Waals surface area contributed by atoms with Crippen molar-refractivity contribution in [2.45, 2.75) is 20.3 Å². The van der Waals surface area contributed by atoms with E-state index in [4.69, 9.17) is 4.74 Å². The number of anilines is 1. The van der Waals surface area contributed by atoms with Gasteiger partial charge < -0.3 is 10.1 Å². The first-order chi connectivity index (χ1) is 12.2. The number of nitrogens with zero attached hydrogens (tertiary/aromatic N) is 2. The molecule has 0 saturated heterocycles. The number of hydrogen-bond donors (Lipinski definition) is 1. The molecule has 0 aliphatic heterocycles. The lowest BCUT2D eigenvalue weighted by Gasteiger charge is -2.07. The highest BCUT2D eigenvalue weighted by Gasteiger charge is 2.11. The summed E-state index contributed by atoms with van der Waals surface area (Å²) in [6, 6.07) is 19.3. The summed E-state index contributed by atoms with van der Waals surface area (Å²) in [4.78, 5) is 12.1. The van der Waals surface area contributed by atoms with Crippen molar-refractivity contribution in [3.8, 4) is 11.4 Å². The second-order valence-corrected chi connectivity index (χ2v) is 5.78. The van der Waals surface area contributed by atoms with Crippen LogP contribution >= 0.6 is 0 Å². The van der Waals surface area contributed by atoms with Gasteiger partial charge in [-0.2, -0.15) is 0 Å². The van der Waals surface area contributed by atoms with Crippen LogP contribution in [-0.2, 0) is 11.2 Å². The predicted octanol–water partition coefficient (Wildman–Crippen LogP) is 3.76. The van der Waals surface area contributed by atoms with E-state index in [0.29, 0.717) is 11.6 Å². The van der Waals surface area contributed by atoms with Crippen LogP contribution in [0.3, 0.4) is 0 Å². The third-order valence-electron chi connectivity index (χ3n) is 3.77. The highest BCUT2D eigenvalue weighted by molar-refractivity contribution is 5.91. The van der Waals surface area contributed by atoms with Crippen LogP contribution in [0.2, 0.25) is 0 Å². The lowest BCUT2D eigenvalue weighted by molar-refractivity contribution is -0.118. The molecule has 3 rings (SSSR count). The molecule has 3 aromatic rings. The molecule has 128 valence electrons. The molecule has 0 saturated carbocycles. The summed E-state index contributed by atoms with van der Waals surface area (Å²) in [5.74, 6) is 0.956. The minimum atomic E-state index is -0.236. The molecule has 0 unspecified atom stereocenters. The molecule has 25 heavy (non-hydrogen) atoms. The van der Waals surface area contributed by atoms with Crippen molar-refractivity contribution in [3.63, 3.8) is 0 Å². The summed E-state index contributed by atoms with van der Waals surface area (Å²) in [5.41, 5.74) is 3.18. The highest BCUT2D eigenvalue weighted by atomic mass is 16.5. The van der Waals surface area contributed by atoms with Crippen LogP contribution < -0.4 is 10.1 Å². The summed E-state index contributed by atoms with van der Waals surface area (Å²) in [6.45, 7) is 4.05. The van der Waals surface area contributed by atoms with Crippen molar-refractivity contribution in [3.05, 3.63) is 71.9 Å². The number of para-hydroxylation sites is 1. The first-order valence-electron chi connectivity index (χ1n) is 8.29. The van der Waals surface area contributed by atoms with Crippen LogP contribution in [0.4, 0.5) is 5.82 Å². The van der Waals surface area contributed by atoms with Crippen LogP contribution in [0.1, 0.15) is 18.2 Å². The van der Waals surface area contributed by atoms with E-state index in [9.17, 15) is 4.79 Å². The number of rotatable bonds is 6. The number of aryl methyl sites for hydroxylation is 2. The Labute approximate surface area is 147 Å². The van der Waals surface area contributed by atoms with E-state index >= 15 is 0 Å². The van der Waals surface area contributed by atoms with Gasteiger partial charge in [-0.25, -0.2) is 4.68 Å². The zero-order chi connectivity index (χ0) is 17.6. The van der Waals surface area contributed by atoms with Gasteiger partial charge >= 0.3 is 0 Å². The summed E-state index contributed by atoms with van der Waals surface area (Å²) in [5, 5.41) is 7.31. The lowest BCUT2D eigenvalue weighted by atomic mass is 10.2. The van der Waals surface area contributed by atoms with E-state index in [1.54, 1.807) is 0 Å². The average Bonchev–Trinajstić information content (AvgIpc) is 3.04. The number of ether oxygens (including phenoxy) is 1. The van der Waals surface area contributed by atoms with Crippen molar-refractivity contribution >= 4 is 11.7 Å². The fourth-order valence-electron chi connectivity index (χ4n) is 2.56. The third kappa shape index (κ3) is 4.26. The van der Waals surface area contributed by atoms with Gasteiger partial charge in [-0.15, -0.1) is 5.10 Å². The van der Waals surface area contributed by atoms with Gasteiger partial charge in [0.2, 0.25) is 0 Å². The smallest absolute Gasteiger partial charge is 0.263 e. The monoisotopic (exact) mass is 335 g/mol. The van der Waals surface area contributed by atoms with Gasteiger partial charge in [0.1, 0.15) is 5.75 Å². The van der Waals surface area contributed by atoms with Crippen LogP contribution in [0.25, 0.3) is 5.69 Å². The van der Waals surface area contributed by atoms with E-state index in [2.05, 4.69) is 23.4 Å². The van der Waals surface area contributed by atoms with Gasteiger partial charge in [-0.3, -0.25) is 4.79 Å². The van der Waals surface area contributed by atoms with Crippen molar-refractivity contribution in [1.29, 1.82) is 0 Å². The Kier molecular flexibility index (Phi) is 5.14. The largest absolute Gasteiger partial charge is 0.484 e. The number of aromatic nitrogens is 2. The molecule has 1 aromatic heterocycles. The third-order valence-corrected chi connectivity index (χ3v) is 3.77. The Morgan fingerprint density at radius 1 is 1.12 bits per heavy atom. The molecule has 5 nitrogen and oxygen atoms in total. The Morgan fingerprint density at radius 3 is 2.64 bits per heavy atom. The Morgan fingerprint density at radius 2 is 1.92 bits per heavy atom. The minimum absolute atomic E-state index is 0.0528. The fraction of sp³-hybridized carbons (Fsp3) is 0.200. The molecule has 1 amide bonds. The lowest BCUT2D eigenvalue weighted by Crippen LogP contribution is -2.20. The number of carbonyl (C=O) groups excluding carboxylic acids is 1. The standard InChI is InChI=1S/C20H21N3O2/c1-3-16-13-19(22-23(16)17-9-7-8-15(2)12-17)21-20(24)14-25-18-10-5-4-6-11-18/h4-13H,3,14H2,1-2H3,(H,21,22,24). The zero-order valence-corrected chi connectivity index (χ0v) is 14.4. The molecular weight excluding hydrogens is 314 g/mol. The van der Waals surface area contributed by atoms with Gasteiger partial charge in [0, 0.05) is 11.8 Å². The van der Waals surface area contributed by atoms with Crippen LogP contribution in [0.5, 0.6) is 5.75 Å². The molecule has 1 N–H and O–H groups in total. The number of amides is 1. The second kappa shape index (κ2) is 7.66. The molecular formula is C20H21N3O2. The van der Waals surface area contributed by atoms with Crippen molar-refractivity contribution in [2.75, 3.05) is 11.9 Å². The van der Waals surface area contributed by atoms with E-state index in [0.717, 1.165) is 23.4 Å². The maximum absolute atomic E-state index is 12.1. The van der Waals surface area contributed by atoms with Crippen LogP contribution in [0, 0.1) is 6.92 Å². The van der Waals surface area contributed by atoms with Gasteiger partial charge in [0.05, 0.1) is 5.69 Å². The molecule has 0 spiro atoms. The molecule has 0 radical (unpaired) electrons. The molecule has 1 heterocycles. The van der Waals surface area contributed by atoms with E-state index in [-0.39, 0.29) is 12.5 Å². The zero-order valence-electron chi connectivity index (χ0n) is 14.4. The summed E-state index contributed by atoms with van der Waals surface area (Å²) >= 11 is 0. The molecule has 0 aliphatic carbocycles.